The van der Waals surface area contributed by atoms with Gasteiger partial charge >= 0.3 is 0 Å². The highest BCUT2D eigenvalue weighted by Crippen LogP contribution is 2.33. The fourth-order valence-electron chi connectivity index (χ4n) is 3.29. The Morgan fingerprint density at radius 1 is 1.06 bits per heavy atom. The summed E-state index contributed by atoms with van der Waals surface area (Å²) in [6.45, 7) is 1.02. The molecule has 1 aliphatic carbocycles. The third kappa shape index (κ3) is 2.44. The zero-order valence-electron chi connectivity index (χ0n) is 10.9. The standard InChI is InChI=1S/C16H21NS/c18-16-15-11-14(12-5-2-1-3-6-12)9-8-13(15)7-4-10-17-16/h8-9,11-12H,1-7,10H2,(H,17,18). The van der Waals surface area contributed by atoms with Gasteiger partial charge in [0, 0.05) is 12.1 Å². The average molecular weight is 259 g/mol. The van der Waals surface area contributed by atoms with Crippen molar-refractivity contribution >= 4 is 17.2 Å². The molecule has 1 saturated carbocycles. The van der Waals surface area contributed by atoms with Gasteiger partial charge in [-0.2, -0.15) is 0 Å². The highest BCUT2D eigenvalue weighted by atomic mass is 32.1. The predicted molar refractivity (Wildman–Crippen MR) is 80.3 cm³/mol. The first-order chi connectivity index (χ1) is 8.84. The summed E-state index contributed by atoms with van der Waals surface area (Å²) in [4.78, 5) is 0.958. The summed E-state index contributed by atoms with van der Waals surface area (Å²) >= 11 is 5.50. The van der Waals surface area contributed by atoms with Crippen LogP contribution in [0.25, 0.3) is 0 Å². The lowest BCUT2D eigenvalue weighted by atomic mass is 9.83. The molecule has 2 aliphatic rings. The number of hydrogen-bond donors (Lipinski definition) is 1. The summed E-state index contributed by atoms with van der Waals surface area (Å²) in [7, 11) is 0. The number of aryl methyl sites for hydroxylation is 1. The van der Waals surface area contributed by atoms with Gasteiger partial charge in [0.25, 0.3) is 0 Å². The summed E-state index contributed by atoms with van der Waals surface area (Å²) in [6, 6.07) is 7.04. The Morgan fingerprint density at radius 2 is 1.89 bits per heavy atom. The van der Waals surface area contributed by atoms with E-state index in [4.69, 9.17) is 12.2 Å². The highest BCUT2D eigenvalue weighted by molar-refractivity contribution is 7.80. The maximum Gasteiger partial charge on any atom is 0.106 e. The lowest BCUT2D eigenvalue weighted by Gasteiger charge is -2.23. The van der Waals surface area contributed by atoms with Crippen LogP contribution in [0, 0.1) is 0 Å². The van der Waals surface area contributed by atoms with Crippen LogP contribution in [0.4, 0.5) is 0 Å². The van der Waals surface area contributed by atoms with Gasteiger partial charge in [0.05, 0.1) is 0 Å². The molecule has 0 spiro atoms. The average Bonchev–Trinajstić information content (AvgIpc) is 2.62. The van der Waals surface area contributed by atoms with Crippen molar-refractivity contribution in [3.05, 3.63) is 34.9 Å². The molecule has 1 heterocycles. The summed E-state index contributed by atoms with van der Waals surface area (Å²) in [5.41, 5.74) is 4.25. The molecular weight excluding hydrogens is 238 g/mol. The van der Waals surface area contributed by atoms with Crippen molar-refractivity contribution in [3.8, 4) is 0 Å². The Bertz CT molecular complexity index is 446. The summed E-state index contributed by atoms with van der Waals surface area (Å²) in [5.74, 6) is 0.773. The first kappa shape index (κ1) is 12.2. The third-order valence-electron chi connectivity index (χ3n) is 4.36. The Morgan fingerprint density at radius 3 is 2.72 bits per heavy atom. The molecule has 0 unspecified atom stereocenters. The van der Waals surface area contributed by atoms with Crippen LogP contribution < -0.4 is 5.32 Å². The quantitative estimate of drug-likeness (QED) is 0.767. The van der Waals surface area contributed by atoms with Crippen LogP contribution in [0.15, 0.2) is 18.2 Å². The van der Waals surface area contributed by atoms with Crippen LogP contribution in [0.3, 0.4) is 0 Å². The predicted octanol–water partition coefficient (Wildman–Crippen LogP) is 3.95. The molecule has 1 fully saturated rings. The summed E-state index contributed by atoms with van der Waals surface area (Å²) in [6.07, 6.45) is 9.28. The second-order valence-corrected chi connectivity index (χ2v) is 6.02. The minimum absolute atomic E-state index is 0.773. The van der Waals surface area contributed by atoms with Gasteiger partial charge in [-0.1, -0.05) is 43.6 Å². The topological polar surface area (TPSA) is 12.0 Å². The molecule has 96 valence electrons. The molecule has 0 aromatic heterocycles. The van der Waals surface area contributed by atoms with Crippen molar-refractivity contribution in [2.45, 2.75) is 50.9 Å². The van der Waals surface area contributed by atoms with E-state index >= 15 is 0 Å². The molecule has 18 heavy (non-hydrogen) atoms. The molecule has 0 amide bonds. The fourth-order valence-corrected chi connectivity index (χ4v) is 3.58. The largest absolute Gasteiger partial charge is 0.376 e. The zero-order chi connectivity index (χ0) is 12.4. The molecule has 0 saturated heterocycles. The second kappa shape index (κ2) is 5.40. The van der Waals surface area contributed by atoms with Crippen molar-refractivity contribution < 1.29 is 0 Å². The van der Waals surface area contributed by atoms with Gasteiger partial charge in [-0.25, -0.2) is 0 Å². The Hall–Kier alpha value is -0.890. The van der Waals surface area contributed by atoms with Crippen LogP contribution in [-0.4, -0.2) is 11.5 Å². The van der Waals surface area contributed by atoms with Gasteiger partial charge in [0.15, 0.2) is 0 Å². The van der Waals surface area contributed by atoms with Crippen LogP contribution >= 0.6 is 12.2 Å². The van der Waals surface area contributed by atoms with Crippen LogP contribution in [0.5, 0.6) is 0 Å². The van der Waals surface area contributed by atoms with Crippen molar-refractivity contribution in [3.63, 3.8) is 0 Å². The maximum atomic E-state index is 5.50. The van der Waals surface area contributed by atoms with Gasteiger partial charge in [0.2, 0.25) is 0 Å². The van der Waals surface area contributed by atoms with E-state index in [0.29, 0.717) is 0 Å². The Balaban J connectivity index is 1.91. The van der Waals surface area contributed by atoms with Crippen LogP contribution in [0.2, 0.25) is 0 Å². The number of hydrogen-bond acceptors (Lipinski definition) is 1. The monoisotopic (exact) mass is 259 g/mol. The molecule has 1 aromatic carbocycles. The molecule has 0 atom stereocenters. The fraction of sp³-hybridized carbons (Fsp3) is 0.562. The van der Waals surface area contributed by atoms with Gasteiger partial charge in [-0.15, -0.1) is 0 Å². The van der Waals surface area contributed by atoms with Gasteiger partial charge in [0.1, 0.15) is 4.99 Å². The zero-order valence-corrected chi connectivity index (χ0v) is 11.7. The van der Waals surface area contributed by atoms with Crippen LogP contribution in [-0.2, 0) is 6.42 Å². The summed E-state index contributed by atoms with van der Waals surface area (Å²) < 4.78 is 0. The molecule has 2 heteroatoms. The summed E-state index contributed by atoms with van der Waals surface area (Å²) in [5, 5.41) is 3.36. The van der Waals surface area contributed by atoms with Crippen LogP contribution in [0.1, 0.15) is 61.1 Å². The minimum Gasteiger partial charge on any atom is -0.376 e. The molecular formula is C16H21NS. The lowest BCUT2D eigenvalue weighted by molar-refractivity contribution is 0.443. The number of benzene rings is 1. The Kier molecular flexibility index (Phi) is 3.64. The maximum absolute atomic E-state index is 5.50. The van der Waals surface area contributed by atoms with E-state index in [-0.39, 0.29) is 0 Å². The molecule has 1 N–H and O–H groups in total. The molecule has 1 aliphatic heterocycles. The van der Waals surface area contributed by atoms with Crippen molar-refractivity contribution in [2.75, 3.05) is 6.54 Å². The molecule has 1 aromatic rings. The van der Waals surface area contributed by atoms with Crippen molar-refractivity contribution in [1.29, 1.82) is 0 Å². The SMILES string of the molecule is S=C1NCCCc2ccc(C3CCCCC3)cc21. The van der Waals surface area contributed by atoms with Crippen molar-refractivity contribution in [1.82, 2.24) is 5.32 Å². The molecule has 0 bridgehead atoms. The third-order valence-corrected chi connectivity index (χ3v) is 4.73. The molecule has 1 nitrogen and oxygen atoms in total. The first-order valence-corrected chi connectivity index (χ1v) is 7.66. The number of rotatable bonds is 1. The second-order valence-electron chi connectivity index (χ2n) is 5.61. The van der Waals surface area contributed by atoms with E-state index in [2.05, 4.69) is 23.5 Å². The number of fused-ring (bicyclic) bond motifs is 1. The van der Waals surface area contributed by atoms with E-state index in [1.807, 2.05) is 0 Å². The van der Waals surface area contributed by atoms with E-state index in [0.717, 1.165) is 23.9 Å². The molecule has 0 radical (unpaired) electrons. The normalized spacial score (nSPS) is 21.0. The number of thiocarbonyl (C=S) groups is 1. The first-order valence-electron chi connectivity index (χ1n) is 7.25. The Labute approximate surface area is 115 Å². The van der Waals surface area contributed by atoms with E-state index in [1.54, 1.807) is 0 Å². The van der Waals surface area contributed by atoms with Gasteiger partial charge < -0.3 is 5.32 Å². The van der Waals surface area contributed by atoms with E-state index < -0.39 is 0 Å². The lowest BCUT2D eigenvalue weighted by Crippen LogP contribution is -2.21. The smallest absolute Gasteiger partial charge is 0.106 e. The molecule has 3 rings (SSSR count). The van der Waals surface area contributed by atoms with E-state index in [1.165, 1.54) is 55.2 Å². The van der Waals surface area contributed by atoms with Gasteiger partial charge in [-0.05, 0) is 48.8 Å². The van der Waals surface area contributed by atoms with E-state index in [9.17, 15) is 0 Å². The highest BCUT2D eigenvalue weighted by Gasteiger charge is 2.18. The minimum atomic E-state index is 0.773. The van der Waals surface area contributed by atoms with Crippen molar-refractivity contribution in [2.24, 2.45) is 0 Å². The van der Waals surface area contributed by atoms with Gasteiger partial charge in [-0.3, -0.25) is 0 Å². The number of nitrogens with one attached hydrogen (secondary N) is 1.